The first kappa shape index (κ1) is 11.7. The molecule has 1 aromatic carbocycles. The zero-order valence-corrected chi connectivity index (χ0v) is 10.5. The molecule has 1 aliphatic carbocycles. The Labute approximate surface area is 118 Å². The molecule has 3 aliphatic rings. The van der Waals surface area contributed by atoms with Gasteiger partial charge in [0.2, 0.25) is 18.6 Å². The van der Waals surface area contributed by atoms with Crippen LogP contribution >= 0.6 is 0 Å². The highest BCUT2D eigenvalue weighted by Gasteiger charge is 2.90. The van der Waals surface area contributed by atoms with E-state index in [0.717, 1.165) is 0 Å². The van der Waals surface area contributed by atoms with Crippen molar-refractivity contribution in [1.29, 1.82) is 10.5 Å². The number of hydrogen-bond acceptors (Lipinski definition) is 6. The van der Waals surface area contributed by atoms with E-state index in [1.165, 1.54) is 0 Å². The van der Waals surface area contributed by atoms with Crippen molar-refractivity contribution in [2.75, 3.05) is 6.79 Å². The molecular weight excluding hydrogens is 274 g/mol. The van der Waals surface area contributed by atoms with Crippen molar-refractivity contribution in [2.45, 2.75) is 5.92 Å². The molecule has 2 unspecified atom stereocenters. The highest BCUT2D eigenvalue weighted by atomic mass is 16.7. The summed E-state index contributed by atoms with van der Waals surface area (Å²) in [5, 5.41) is 20.9. The second kappa shape index (κ2) is 3.33. The molecule has 2 amide bonds. The van der Waals surface area contributed by atoms with Crippen LogP contribution in [0.3, 0.4) is 0 Å². The van der Waals surface area contributed by atoms with Crippen LogP contribution in [0.25, 0.3) is 0 Å². The average Bonchev–Trinajstić information content (AvgIpc) is 2.71. The molecule has 4 rings (SSSR count). The van der Waals surface area contributed by atoms with Gasteiger partial charge in [0.25, 0.3) is 0 Å². The minimum absolute atomic E-state index is 0.0929. The third-order valence-corrected chi connectivity index (χ3v) is 4.43. The van der Waals surface area contributed by atoms with Crippen LogP contribution in [0.2, 0.25) is 0 Å². The summed E-state index contributed by atoms with van der Waals surface area (Å²) in [5.74, 6) is -1.17. The van der Waals surface area contributed by atoms with Crippen LogP contribution < -0.4 is 14.8 Å². The summed E-state index contributed by atoms with van der Waals surface area (Å²) >= 11 is 0. The van der Waals surface area contributed by atoms with Gasteiger partial charge >= 0.3 is 0 Å². The van der Waals surface area contributed by atoms with Crippen molar-refractivity contribution in [3.05, 3.63) is 23.8 Å². The Morgan fingerprint density at radius 2 is 1.71 bits per heavy atom. The molecule has 7 heteroatoms. The molecular formula is C14H7N3O4. The highest BCUT2D eigenvalue weighted by Crippen LogP contribution is 2.76. The van der Waals surface area contributed by atoms with Crippen LogP contribution in [0.4, 0.5) is 0 Å². The molecule has 1 saturated heterocycles. The number of nitrogens with one attached hydrogen (secondary N) is 1. The van der Waals surface area contributed by atoms with Gasteiger partial charge in [-0.3, -0.25) is 14.9 Å². The Balaban J connectivity index is 1.88. The quantitative estimate of drug-likeness (QED) is 0.735. The zero-order chi connectivity index (χ0) is 14.8. The van der Waals surface area contributed by atoms with Gasteiger partial charge in [0, 0.05) is 5.92 Å². The number of amides is 2. The number of hydrogen-bond donors (Lipinski definition) is 1. The summed E-state index contributed by atoms with van der Waals surface area (Å²) in [5.41, 5.74) is -2.75. The van der Waals surface area contributed by atoms with E-state index in [1.807, 2.05) is 12.1 Å². The monoisotopic (exact) mass is 281 g/mol. The molecule has 102 valence electrons. The lowest BCUT2D eigenvalue weighted by atomic mass is 9.98. The fourth-order valence-electron chi connectivity index (χ4n) is 3.39. The number of piperidine rings is 1. The Morgan fingerprint density at radius 3 is 2.33 bits per heavy atom. The molecule has 2 heterocycles. The number of nitriles is 2. The average molecular weight is 281 g/mol. The van der Waals surface area contributed by atoms with Crippen molar-refractivity contribution in [3.63, 3.8) is 0 Å². The summed E-state index contributed by atoms with van der Waals surface area (Å²) < 4.78 is 10.4. The van der Waals surface area contributed by atoms with Gasteiger partial charge in [-0.2, -0.15) is 10.5 Å². The predicted molar refractivity (Wildman–Crippen MR) is 64.5 cm³/mol. The lowest BCUT2D eigenvalue weighted by Crippen LogP contribution is -2.31. The zero-order valence-electron chi connectivity index (χ0n) is 10.5. The van der Waals surface area contributed by atoms with E-state index in [-0.39, 0.29) is 6.79 Å². The fraction of sp³-hybridized carbons (Fsp3) is 0.286. The first-order chi connectivity index (χ1) is 10.1. The summed E-state index contributed by atoms with van der Waals surface area (Å²) in [7, 11) is 0. The molecule has 1 N–H and O–H groups in total. The topological polar surface area (TPSA) is 112 Å². The van der Waals surface area contributed by atoms with Crippen LogP contribution in [-0.2, 0) is 9.59 Å². The summed E-state index contributed by atoms with van der Waals surface area (Å²) in [4.78, 5) is 24.0. The van der Waals surface area contributed by atoms with Crippen LogP contribution in [0, 0.1) is 33.5 Å². The van der Waals surface area contributed by atoms with E-state index in [2.05, 4.69) is 5.32 Å². The molecule has 0 bridgehead atoms. The second-order valence-corrected chi connectivity index (χ2v) is 5.17. The molecule has 2 aliphatic heterocycles. The van der Waals surface area contributed by atoms with Gasteiger partial charge in [0.1, 0.15) is 0 Å². The minimum atomic E-state index is -1.65. The number of carbonyl (C=O) groups is 2. The molecule has 7 nitrogen and oxygen atoms in total. The lowest BCUT2D eigenvalue weighted by molar-refractivity contribution is -0.128. The summed E-state index contributed by atoms with van der Waals surface area (Å²) in [6.45, 7) is 0.0929. The Bertz CT molecular complexity index is 767. The summed E-state index contributed by atoms with van der Waals surface area (Å²) in [6.07, 6.45) is 0. The van der Waals surface area contributed by atoms with Gasteiger partial charge in [-0.1, -0.05) is 6.07 Å². The van der Waals surface area contributed by atoms with Crippen molar-refractivity contribution in [1.82, 2.24) is 5.32 Å². The molecule has 1 saturated carbocycles. The standard InChI is InChI=1S/C14H7N3O4/c15-4-13-10(14(13,5-16)12(19)17-11(13)18)7-1-2-8-9(3-7)21-6-20-8/h1-3,10H,6H2,(H,17,18,19). The fourth-order valence-corrected chi connectivity index (χ4v) is 3.39. The maximum absolute atomic E-state index is 12.0. The number of benzene rings is 1. The molecule has 2 atom stereocenters. The van der Waals surface area contributed by atoms with E-state index in [9.17, 15) is 20.1 Å². The van der Waals surface area contributed by atoms with Gasteiger partial charge in [-0.25, -0.2) is 0 Å². The Hall–Kier alpha value is -3.06. The van der Waals surface area contributed by atoms with Crippen molar-refractivity contribution < 1.29 is 19.1 Å². The number of imide groups is 1. The minimum Gasteiger partial charge on any atom is -0.454 e. The molecule has 1 aromatic rings. The second-order valence-electron chi connectivity index (χ2n) is 5.17. The first-order valence-corrected chi connectivity index (χ1v) is 6.20. The van der Waals surface area contributed by atoms with Crippen LogP contribution in [-0.4, -0.2) is 18.6 Å². The SMILES string of the molecule is N#CC12C(=O)NC(=O)C1(C#N)C2c1ccc2c(c1)OCO2. The van der Waals surface area contributed by atoms with E-state index < -0.39 is 28.6 Å². The number of nitrogens with zero attached hydrogens (tertiary/aromatic N) is 2. The van der Waals surface area contributed by atoms with Crippen molar-refractivity contribution >= 4 is 11.8 Å². The maximum atomic E-state index is 12.0. The van der Waals surface area contributed by atoms with Gasteiger partial charge in [-0.05, 0) is 17.7 Å². The van der Waals surface area contributed by atoms with Gasteiger partial charge in [0.15, 0.2) is 22.3 Å². The van der Waals surface area contributed by atoms with E-state index in [4.69, 9.17) is 9.47 Å². The van der Waals surface area contributed by atoms with E-state index in [0.29, 0.717) is 17.1 Å². The smallest absolute Gasteiger partial charge is 0.250 e. The van der Waals surface area contributed by atoms with Gasteiger partial charge in [-0.15, -0.1) is 0 Å². The van der Waals surface area contributed by atoms with E-state index in [1.54, 1.807) is 18.2 Å². The first-order valence-electron chi connectivity index (χ1n) is 6.20. The predicted octanol–water partition coefficient (Wildman–Crippen LogP) is 0.189. The van der Waals surface area contributed by atoms with Crippen molar-refractivity contribution in [2.24, 2.45) is 10.8 Å². The third-order valence-electron chi connectivity index (χ3n) is 4.43. The van der Waals surface area contributed by atoms with Crippen molar-refractivity contribution in [3.8, 4) is 23.6 Å². The number of rotatable bonds is 1. The molecule has 0 aromatic heterocycles. The van der Waals surface area contributed by atoms with Gasteiger partial charge in [0.05, 0.1) is 12.1 Å². The number of carbonyl (C=O) groups excluding carboxylic acids is 2. The Kier molecular flexibility index (Phi) is 1.86. The Morgan fingerprint density at radius 1 is 1.10 bits per heavy atom. The summed E-state index contributed by atoms with van der Waals surface area (Å²) in [6, 6.07) is 8.66. The molecule has 21 heavy (non-hydrogen) atoms. The normalized spacial score (nSPS) is 34.7. The molecule has 0 spiro atoms. The van der Waals surface area contributed by atoms with E-state index >= 15 is 0 Å². The highest BCUT2D eigenvalue weighted by molar-refractivity contribution is 6.19. The third kappa shape index (κ3) is 1.02. The molecule has 0 radical (unpaired) electrons. The largest absolute Gasteiger partial charge is 0.454 e. The number of ether oxygens (including phenoxy) is 2. The maximum Gasteiger partial charge on any atom is 0.250 e. The lowest BCUT2D eigenvalue weighted by Gasteiger charge is -2.08. The van der Waals surface area contributed by atoms with Crippen LogP contribution in [0.15, 0.2) is 18.2 Å². The molecule has 2 fully saturated rings. The van der Waals surface area contributed by atoms with Crippen LogP contribution in [0.5, 0.6) is 11.5 Å². The number of fused-ring (bicyclic) bond motifs is 2. The van der Waals surface area contributed by atoms with Crippen LogP contribution in [0.1, 0.15) is 11.5 Å². The van der Waals surface area contributed by atoms with Gasteiger partial charge < -0.3 is 9.47 Å².